The van der Waals surface area contributed by atoms with Gasteiger partial charge < -0.3 is 0 Å². The van der Waals surface area contributed by atoms with Crippen molar-refractivity contribution in [2.75, 3.05) is 0 Å². The minimum atomic E-state index is -0.150. The molecule has 0 heterocycles. The first kappa shape index (κ1) is 15.7. The zero-order chi connectivity index (χ0) is 2.00. The molecule has 4 heteroatoms. The average Bonchev–Trinajstić information content (AvgIpc) is 1.00. The molecule has 0 amide bonds. The van der Waals surface area contributed by atoms with Crippen LogP contribution in [-0.4, -0.2) is 77.0 Å². The van der Waals surface area contributed by atoms with E-state index in [9.17, 15) is 1.92 Å². The maximum atomic E-state index is 9.63. The van der Waals surface area contributed by atoms with Gasteiger partial charge in [0.25, 0.3) is 0 Å². The van der Waals surface area contributed by atoms with E-state index in [0.29, 0.717) is 0 Å². The summed E-state index contributed by atoms with van der Waals surface area (Å²) >= 11 is -0.150. The van der Waals surface area contributed by atoms with E-state index in [1.165, 1.54) is 0 Å². The fourth-order valence-corrected chi connectivity index (χ4v) is 0. The zero-order valence-electron chi connectivity index (χ0n) is 0.955. The molecule has 4 heavy (non-hydrogen) atoms. The van der Waals surface area contributed by atoms with Gasteiger partial charge in [-0.3, -0.25) is 0 Å². The van der Waals surface area contributed by atoms with Gasteiger partial charge in [0.05, 0.1) is 0 Å². The van der Waals surface area contributed by atoms with Crippen LogP contribution in [0.1, 0.15) is 0 Å². The number of hydrogen-bond acceptors (Lipinski definition) is 0. The molecule has 0 aliphatic rings. The van der Waals surface area contributed by atoms with Crippen molar-refractivity contribution in [1.29, 1.82) is 0 Å². The van der Waals surface area contributed by atoms with Crippen LogP contribution >= 0.6 is 0 Å². The Bertz CT molecular complexity index is 8.00. The Labute approximate surface area is 107 Å². The second kappa shape index (κ2) is 16.1. The van der Waals surface area contributed by atoms with E-state index in [-0.39, 0.29) is 109 Å². The quantitative estimate of drug-likeness (QED) is 0.448. The molecule has 14 valence electrons. The van der Waals surface area contributed by atoms with Crippen LogP contribution in [0.25, 0.3) is 0 Å². The van der Waals surface area contributed by atoms with Gasteiger partial charge in [-0.15, -0.1) is 0 Å². The summed E-state index contributed by atoms with van der Waals surface area (Å²) in [4.78, 5) is 0. The van der Waals surface area contributed by atoms with Crippen LogP contribution in [0, 0.1) is 0 Å². The Kier molecular flexibility index (Phi) is 63.0. The van der Waals surface area contributed by atoms with Crippen molar-refractivity contribution < 1.29 is 33.6 Å². The Morgan fingerprint density at radius 1 is 1.25 bits per heavy atom. The second-order valence-electron chi connectivity index (χ2n) is 0. The van der Waals surface area contributed by atoms with Crippen LogP contribution in [0.15, 0.2) is 0 Å². The summed E-state index contributed by atoms with van der Waals surface area (Å²) in [6.45, 7) is 0. The van der Waals surface area contributed by atoms with Crippen molar-refractivity contribution in [3.63, 3.8) is 0 Å². The molecule has 0 aromatic heterocycles. The molecule has 0 unspecified atom stereocenters. The van der Waals surface area contributed by atoms with Gasteiger partial charge in [0, 0.05) is 0 Å². The third-order valence-electron chi connectivity index (χ3n) is 0. The molecule has 0 rings (SSSR count). The zero-order valence-corrected chi connectivity index (χ0v) is 3.79. The second-order valence-corrected chi connectivity index (χ2v) is 0. The van der Waals surface area contributed by atoms with Gasteiger partial charge >= 0.3 is 111 Å². The maximum absolute atomic E-state index is 9.63. The summed E-state index contributed by atoms with van der Waals surface area (Å²) < 4.78 is 9.63. The van der Waals surface area contributed by atoms with Crippen LogP contribution in [0.2, 0.25) is 0 Å². The molecular formula is H2FLiRbY. The standard InChI is InChI=1S/FH.Li.Rb.Y.2H/h1H;;;;;/q;;;+1;;/p-1. The Balaban J connectivity index is -0.00000000500. The van der Waals surface area contributed by atoms with Crippen molar-refractivity contribution >= 4 is 77.0 Å². The molecule has 0 radical (unpaired) electrons. The van der Waals surface area contributed by atoms with Crippen LogP contribution in [0.4, 0.5) is 1.92 Å². The average molecular weight is 202 g/mol. The molecule has 0 aromatic rings. The van der Waals surface area contributed by atoms with Crippen molar-refractivity contribution in [3.8, 4) is 0 Å². The van der Waals surface area contributed by atoms with Gasteiger partial charge in [0.2, 0.25) is 0 Å². The van der Waals surface area contributed by atoms with Crippen LogP contribution < -0.4 is 0 Å². The molecule has 0 aliphatic carbocycles. The number of halogens is 1. The van der Waals surface area contributed by atoms with Crippen LogP contribution in [0.5, 0.6) is 0 Å². The van der Waals surface area contributed by atoms with E-state index in [0.717, 1.165) is 0 Å². The van der Waals surface area contributed by atoms with Gasteiger partial charge in [0.15, 0.2) is 0 Å². The summed E-state index contributed by atoms with van der Waals surface area (Å²) in [5.74, 6) is 0. The first-order valence-corrected chi connectivity index (χ1v) is 1.29. The van der Waals surface area contributed by atoms with E-state index in [1.54, 1.807) is 0 Å². The Morgan fingerprint density at radius 2 is 1.25 bits per heavy atom. The first-order valence-electron chi connectivity index (χ1n) is 0.218. The normalized spacial score (nSPS) is 1.00. The predicted octanol–water partition coefficient (Wildman–Crippen LogP) is -0.879. The van der Waals surface area contributed by atoms with Crippen molar-refractivity contribution in [1.82, 2.24) is 0 Å². The van der Waals surface area contributed by atoms with E-state index in [1.807, 2.05) is 0 Å². The van der Waals surface area contributed by atoms with Gasteiger partial charge in [-0.1, -0.05) is 0 Å². The number of hydrogen-bond donors (Lipinski definition) is 0. The fraction of sp³-hybridized carbons (Fsp3) is 0. The summed E-state index contributed by atoms with van der Waals surface area (Å²) in [5, 5.41) is 0. The van der Waals surface area contributed by atoms with Crippen molar-refractivity contribution in [2.24, 2.45) is 0 Å². The first-order chi connectivity index (χ1) is 1.00. The van der Waals surface area contributed by atoms with E-state index in [2.05, 4.69) is 0 Å². The molecule has 0 atom stereocenters. The molecule has 0 bridgehead atoms. The van der Waals surface area contributed by atoms with Crippen LogP contribution in [-0.2, 0) is 31.7 Å². The van der Waals surface area contributed by atoms with Gasteiger partial charge in [-0.05, 0) is 0 Å². The van der Waals surface area contributed by atoms with Gasteiger partial charge in [-0.2, -0.15) is 0 Å². The van der Waals surface area contributed by atoms with Gasteiger partial charge in [0.1, 0.15) is 0 Å². The fourth-order valence-electron chi connectivity index (χ4n) is 0. The SMILES string of the molecule is [F][Y].[LiH].[RbH]. The Morgan fingerprint density at radius 3 is 1.25 bits per heavy atom. The summed E-state index contributed by atoms with van der Waals surface area (Å²) in [5.41, 5.74) is 0. The van der Waals surface area contributed by atoms with E-state index >= 15 is 0 Å². The Hall–Kier alpha value is 3.44. The third kappa shape index (κ3) is 9.06. The molecule has 0 spiro atoms. The molecule has 0 saturated heterocycles. The molecule has 0 fully saturated rings. The molecule has 0 nitrogen and oxygen atoms in total. The molecule has 0 aromatic carbocycles. The summed E-state index contributed by atoms with van der Waals surface area (Å²) in [6, 6.07) is 0. The predicted molar refractivity (Wildman–Crippen MR) is 15.4 cm³/mol. The number of rotatable bonds is 0. The minimum absolute atomic E-state index is 0. The summed E-state index contributed by atoms with van der Waals surface area (Å²) in [6.07, 6.45) is 0. The van der Waals surface area contributed by atoms with Crippen LogP contribution in [0.3, 0.4) is 0 Å². The van der Waals surface area contributed by atoms with E-state index < -0.39 is 0 Å². The van der Waals surface area contributed by atoms with E-state index in [4.69, 9.17) is 0 Å². The molecular weight excluding hydrogens is 200 g/mol. The molecule has 0 aliphatic heterocycles. The van der Waals surface area contributed by atoms with Crippen molar-refractivity contribution in [2.45, 2.75) is 0 Å². The summed E-state index contributed by atoms with van der Waals surface area (Å²) in [7, 11) is 0. The molecule has 0 saturated carbocycles. The molecule has 0 N–H and O–H groups in total. The topological polar surface area (TPSA) is 0 Å². The van der Waals surface area contributed by atoms with Crippen molar-refractivity contribution in [3.05, 3.63) is 0 Å². The van der Waals surface area contributed by atoms with Gasteiger partial charge in [-0.25, -0.2) is 0 Å². The monoisotopic (exact) mass is 202 g/mol. The third-order valence-corrected chi connectivity index (χ3v) is 0.